The lowest BCUT2D eigenvalue weighted by molar-refractivity contribution is -0.140. The average Bonchev–Trinajstić information content (AvgIpc) is 3.21. The summed E-state index contributed by atoms with van der Waals surface area (Å²) in [4.78, 5) is 16.6. The molecule has 38 heavy (non-hydrogen) atoms. The van der Waals surface area contributed by atoms with E-state index in [1.807, 2.05) is 0 Å². The number of nitrogens with one attached hydrogen (secondary N) is 2. The lowest BCUT2D eigenvalue weighted by Crippen LogP contribution is -2.42. The van der Waals surface area contributed by atoms with E-state index in [1.165, 1.54) is 32.0 Å². The fourth-order valence-electron chi connectivity index (χ4n) is 4.69. The topological polar surface area (TPSA) is 92.1 Å². The van der Waals surface area contributed by atoms with E-state index >= 15 is 0 Å². The fraction of sp³-hybridized carbons (Fsp3) is 0.480. The Morgan fingerprint density at radius 3 is 2.58 bits per heavy atom. The zero-order chi connectivity index (χ0) is 27.8. The predicted molar refractivity (Wildman–Crippen MR) is 132 cm³/mol. The van der Waals surface area contributed by atoms with Gasteiger partial charge in [0.2, 0.25) is 0 Å². The molecule has 1 fully saturated rings. The lowest BCUT2D eigenvalue weighted by Gasteiger charge is -2.31. The molecule has 7 nitrogen and oxygen atoms in total. The Balaban J connectivity index is 1.52. The Bertz CT molecular complexity index is 1320. The van der Waals surface area contributed by atoms with E-state index in [2.05, 4.69) is 20.7 Å². The Kier molecular flexibility index (Phi) is 7.85. The van der Waals surface area contributed by atoms with Gasteiger partial charge in [0.05, 0.1) is 29.4 Å². The maximum Gasteiger partial charge on any atom is 0.433 e. The lowest BCUT2D eigenvalue weighted by atomic mass is 9.90. The zero-order valence-electron chi connectivity index (χ0n) is 20.6. The molecule has 0 aliphatic heterocycles. The van der Waals surface area contributed by atoms with Gasteiger partial charge in [-0.05, 0) is 63.8 Å². The summed E-state index contributed by atoms with van der Waals surface area (Å²) in [5.74, 6) is -0.728. The summed E-state index contributed by atoms with van der Waals surface area (Å²) >= 11 is 6.07. The maximum absolute atomic E-state index is 13.8. The number of halogens is 6. The zero-order valence-corrected chi connectivity index (χ0v) is 21.4. The average molecular weight is 560 g/mol. The van der Waals surface area contributed by atoms with Crippen molar-refractivity contribution in [3.63, 3.8) is 0 Å². The molecule has 0 unspecified atom stereocenters. The van der Waals surface area contributed by atoms with E-state index in [9.17, 15) is 31.9 Å². The summed E-state index contributed by atoms with van der Waals surface area (Å²) < 4.78 is 68.9. The molecule has 1 aliphatic carbocycles. The number of amides is 1. The molecular formula is C25H27ClF5N5O2. The van der Waals surface area contributed by atoms with Crippen molar-refractivity contribution < 1.29 is 31.9 Å². The Labute approximate surface area is 220 Å². The Morgan fingerprint density at radius 2 is 1.92 bits per heavy atom. The third-order valence-electron chi connectivity index (χ3n) is 6.30. The van der Waals surface area contributed by atoms with Gasteiger partial charge in [0, 0.05) is 28.2 Å². The minimum absolute atomic E-state index is 0.134. The van der Waals surface area contributed by atoms with Gasteiger partial charge in [-0.15, -0.1) is 0 Å². The summed E-state index contributed by atoms with van der Waals surface area (Å²) in [7, 11) is 0. The van der Waals surface area contributed by atoms with Gasteiger partial charge in [-0.2, -0.15) is 18.3 Å². The molecule has 4 rings (SSSR count). The highest BCUT2D eigenvalue weighted by Crippen LogP contribution is 2.35. The number of carbonyl (C=O) groups excluding carboxylic acids is 1. The van der Waals surface area contributed by atoms with E-state index in [4.69, 9.17) is 11.6 Å². The highest BCUT2D eigenvalue weighted by atomic mass is 35.5. The fourth-order valence-corrected chi connectivity index (χ4v) is 4.86. The minimum atomic E-state index is -4.65. The SMILES string of the molecule is CC(C)(O)Cn1ncc(C(=O)N[C@@H]2CCC[C@H](Nc3cc(C(F)(F)F)nc4ccc(Cl)cc34)C2)c1C(F)F. The van der Waals surface area contributed by atoms with Crippen molar-refractivity contribution in [2.75, 3.05) is 5.32 Å². The number of carbonyl (C=O) groups is 1. The van der Waals surface area contributed by atoms with Crippen LogP contribution in [0.5, 0.6) is 0 Å². The van der Waals surface area contributed by atoms with Crippen LogP contribution in [-0.2, 0) is 12.7 Å². The number of benzene rings is 1. The minimum Gasteiger partial charge on any atom is -0.389 e. The van der Waals surface area contributed by atoms with Crippen LogP contribution in [0.2, 0.25) is 5.02 Å². The molecule has 1 saturated carbocycles. The first-order chi connectivity index (χ1) is 17.7. The summed E-state index contributed by atoms with van der Waals surface area (Å²) in [6.07, 6.45) is -4.38. The molecule has 0 spiro atoms. The number of nitrogens with zero attached hydrogens (tertiary/aromatic N) is 3. The monoisotopic (exact) mass is 559 g/mol. The van der Waals surface area contributed by atoms with Gasteiger partial charge in [-0.1, -0.05) is 11.6 Å². The predicted octanol–water partition coefficient (Wildman–Crippen LogP) is 5.97. The van der Waals surface area contributed by atoms with E-state index < -0.39 is 41.5 Å². The molecule has 1 amide bonds. The molecule has 3 aromatic rings. The van der Waals surface area contributed by atoms with Gasteiger partial charge >= 0.3 is 6.18 Å². The van der Waals surface area contributed by atoms with Crippen LogP contribution < -0.4 is 10.6 Å². The molecular weight excluding hydrogens is 533 g/mol. The molecule has 1 aromatic carbocycles. The maximum atomic E-state index is 13.8. The van der Waals surface area contributed by atoms with Crippen LogP contribution in [0, 0.1) is 0 Å². The normalized spacial score (nSPS) is 18.7. The number of rotatable bonds is 7. The van der Waals surface area contributed by atoms with Crippen molar-refractivity contribution >= 4 is 34.1 Å². The molecule has 0 saturated heterocycles. The van der Waals surface area contributed by atoms with Crippen molar-refractivity contribution in [2.24, 2.45) is 0 Å². The number of anilines is 1. The molecule has 206 valence electrons. The number of aliphatic hydroxyl groups is 1. The third kappa shape index (κ3) is 6.52. The van der Waals surface area contributed by atoms with E-state index in [1.54, 1.807) is 0 Å². The molecule has 2 heterocycles. The van der Waals surface area contributed by atoms with Crippen molar-refractivity contribution in [3.8, 4) is 0 Å². The molecule has 13 heteroatoms. The van der Waals surface area contributed by atoms with Gasteiger partial charge in [-0.25, -0.2) is 13.8 Å². The van der Waals surface area contributed by atoms with Gasteiger partial charge < -0.3 is 15.7 Å². The number of aromatic nitrogens is 3. The Hall–Kier alpha value is -2.99. The first-order valence-electron chi connectivity index (χ1n) is 12.0. The molecule has 2 aromatic heterocycles. The largest absolute Gasteiger partial charge is 0.433 e. The highest BCUT2D eigenvalue weighted by molar-refractivity contribution is 6.31. The summed E-state index contributed by atoms with van der Waals surface area (Å²) in [5, 5.41) is 20.5. The number of alkyl halides is 5. The van der Waals surface area contributed by atoms with Gasteiger partial charge in [-0.3, -0.25) is 9.48 Å². The van der Waals surface area contributed by atoms with E-state index in [0.29, 0.717) is 36.1 Å². The van der Waals surface area contributed by atoms with Crippen molar-refractivity contribution in [2.45, 2.75) is 76.4 Å². The summed E-state index contributed by atoms with van der Waals surface area (Å²) in [6.45, 7) is 2.66. The van der Waals surface area contributed by atoms with Crippen molar-refractivity contribution in [1.29, 1.82) is 0 Å². The molecule has 2 atom stereocenters. The van der Waals surface area contributed by atoms with Crippen LogP contribution in [0.3, 0.4) is 0 Å². The van der Waals surface area contributed by atoms with Crippen LogP contribution in [0.4, 0.5) is 27.6 Å². The van der Waals surface area contributed by atoms with E-state index in [0.717, 1.165) is 16.9 Å². The van der Waals surface area contributed by atoms with Crippen molar-refractivity contribution in [3.05, 3.63) is 52.4 Å². The second-order valence-electron chi connectivity index (χ2n) is 10.1. The van der Waals surface area contributed by atoms with Crippen molar-refractivity contribution in [1.82, 2.24) is 20.1 Å². The summed E-state index contributed by atoms with van der Waals surface area (Å²) in [6, 6.07) is 4.64. The second-order valence-corrected chi connectivity index (χ2v) is 10.5. The molecule has 1 aliphatic rings. The van der Waals surface area contributed by atoms with Crippen LogP contribution in [0.15, 0.2) is 30.5 Å². The van der Waals surface area contributed by atoms with Crippen LogP contribution >= 0.6 is 11.6 Å². The standard InChI is InChI=1S/C25H27ClF5N5O2/c1-24(2,38)12-36-21(22(27)28)17(11-32-36)23(37)34-15-5-3-4-14(9-15)33-19-10-20(25(29,30)31)35-18-7-6-13(26)8-16(18)19/h6-8,10-11,14-15,22,38H,3-5,9,12H2,1-2H3,(H,33,35)(H,34,37)/t14-,15+/m0/s1. The highest BCUT2D eigenvalue weighted by Gasteiger charge is 2.34. The van der Waals surface area contributed by atoms with E-state index in [-0.39, 0.29) is 29.4 Å². The molecule has 0 bridgehead atoms. The van der Waals surface area contributed by atoms with Gasteiger partial charge in [0.1, 0.15) is 11.4 Å². The second kappa shape index (κ2) is 10.6. The third-order valence-corrected chi connectivity index (χ3v) is 6.53. The first kappa shape index (κ1) is 28.0. The van der Waals surface area contributed by atoms with Crippen LogP contribution in [0.25, 0.3) is 10.9 Å². The number of fused-ring (bicyclic) bond motifs is 1. The number of hydrogen-bond donors (Lipinski definition) is 3. The smallest absolute Gasteiger partial charge is 0.389 e. The summed E-state index contributed by atoms with van der Waals surface area (Å²) in [5.41, 5.74) is -2.89. The van der Waals surface area contributed by atoms with Crippen LogP contribution in [0.1, 0.15) is 67.7 Å². The quantitative estimate of drug-likeness (QED) is 0.310. The Morgan fingerprint density at radius 1 is 1.21 bits per heavy atom. The molecule has 3 N–H and O–H groups in total. The number of pyridine rings is 1. The number of hydrogen-bond acceptors (Lipinski definition) is 5. The van der Waals surface area contributed by atoms with Crippen LogP contribution in [-0.4, -0.2) is 43.5 Å². The van der Waals surface area contributed by atoms with Gasteiger partial charge in [0.25, 0.3) is 12.3 Å². The van der Waals surface area contributed by atoms with Gasteiger partial charge in [0.15, 0.2) is 0 Å². The molecule has 0 radical (unpaired) electrons. The first-order valence-corrected chi connectivity index (χ1v) is 12.4.